The Morgan fingerprint density at radius 3 is 2.67 bits per heavy atom. The Kier molecular flexibility index (Phi) is 12.4. The van der Waals surface area contributed by atoms with Crippen LogP contribution in [-0.4, -0.2) is 75.4 Å². The van der Waals surface area contributed by atoms with Crippen molar-refractivity contribution >= 4 is 35.8 Å². The zero-order chi connectivity index (χ0) is 17.1. The van der Waals surface area contributed by atoms with Crippen LogP contribution in [0.25, 0.3) is 0 Å². The summed E-state index contributed by atoms with van der Waals surface area (Å²) < 4.78 is 5.50. The zero-order valence-electron chi connectivity index (χ0n) is 15.1. The molecule has 1 unspecified atom stereocenters. The van der Waals surface area contributed by atoms with Crippen LogP contribution in [0.15, 0.2) is 4.99 Å². The zero-order valence-corrected chi connectivity index (χ0v) is 17.5. The van der Waals surface area contributed by atoms with Crippen LogP contribution in [-0.2, 0) is 9.53 Å². The monoisotopic (exact) mass is 456 g/mol. The van der Waals surface area contributed by atoms with Crippen molar-refractivity contribution in [2.24, 2.45) is 10.4 Å². The summed E-state index contributed by atoms with van der Waals surface area (Å²) in [6.45, 7) is 5.30. The van der Waals surface area contributed by atoms with E-state index in [4.69, 9.17) is 4.74 Å². The number of likely N-dealkylation sites (N-methyl/N-ethyl adjacent to an activating group) is 1. The first-order chi connectivity index (χ1) is 11.0. The first-order valence-corrected chi connectivity index (χ1v) is 8.44. The first-order valence-electron chi connectivity index (χ1n) is 8.44. The molecule has 0 aromatic heterocycles. The van der Waals surface area contributed by atoms with Crippen LogP contribution < -0.4 is 10.6 Å². The van der Waals surface area contributed by atoms with E-state index in [0.29, 0.717) is 25.5 Å². The summed E-state index contributed by atoms with van der Waals surface area (Å²) in [7, 11) is 3.45. The topological polar surface area (TPSA) is 86.2 Å². The summed E-state index contributed by atoms with van der Waals surface area (Å²) in [4.78, 5) is 17.6. The van der Waals surface area contributed by atoms with Crippen LogP contribution in [0.1, 0.15) is 32.6 Å². The number of aliphatic hydroxyl groups is 1. The molecule has 8 heteroatoms. The molecule has 7 nitrogen and oxygen atoms in total. The lowest BCUT2D eigenvalue weighted by Crippen LogP contribution is -2.45. The minimum Gasteiger partial charge on any atom is -0.396 e. The molecule has 3 N–H and O–H groups in total. The van der Waals surface area contributed by atoms with Crippen LogP contribution in [0.3, 0.4) is 0 Å². The van der Waals surface area contributed by atoms with Gasteiger partial charge in [0, 0.05) is 45.8 Å². The number of nitrogens with one attached hydrogen (secondary N) is 2. The molecule has 0 aliphatic carbocycles. The van der Waals surface area contributed by atoms with Gasteiger partial charge in [0.25, 0.3) is 0 Å². The molecule has 1 heterocycles. The minimum absolute atomic E-state index is 0. The molecule has 1 aliphatic rings. The van der Waals surface area contributed by atoms with Crippen molar-refractivity contribution in [2.75, 3.05) is 53.6 Å². The number of hydrogen-bond donors (Lipinski definition) is 3. The number of halogens is 1. The van der Waals surface area contributed by atoms with E-state index in [0.717, 1.165) is 32.4 Å². The molecule has 1 amide bonds. The Morgan fingerprint density at radius 1 is 1.38 bits per heavy atom. The average Bonchev–Trinajstić information content (AvgIpc) is 2.98. The first kappa shape index (κ1) is 23.4. The molecule has 0 bridgehead atoms. The number of rotatable bonds is 9. The van der Waals surface area contributed by atoms with Gasteiger partial charge in [-0.3, -0.25) is 4.79 Å². The molecule has 0 aromatic carbocycles. The molecule has 24 heavy (non-hydrogen) atoms. The Morgan fingerprint density at radius 2 is 2.12 bits per heavy atom. The van der Waals surface area contributed by atoms with Gasteiger partial charge < -0.3 is 25.4 Å². The molecule has 1 fully saturated rings. The summed E-state index contributed by atoms with van der Waals surface area (Å²) in [5.74, 6) is 0.619. The summed E-state index contributed by atoms with van der Waals surface area (Å²) in [6.07, 6.45) is 3.78. The van der Waals surface area contributed by atoms with Gasteiger partial charge in [0.05, 0.1) is 6.61 Å². The Balaban J connectivity index is 0.00000529. The maximum Gasteiger partial charge on any atom is 0.243 e. The molecular formula is C16H33IN4O3. The third kappa shape index (κ3) is 8.48. The Hall–Kier alpha value is -0.610. The van der Waals surface area contributed by atoms with Crippen molar-refractivity contribution in [3.63, 3.8) is 0 Å². The van der Waals surface area contributed by atoms with Gasteiger partial charge in [0.1, 0.15) is 6.54 Å². The van der Waals surface area contributed by atoms with Crippen molar-refractivity contribution < 1.29 is 14.6 Å². The average molecular weight is 456 g/mol. The predicted molar refractivity (Wildman–Crippen MR) is 107 cm³/mol. The Bertz CT molecular complexity index is 386. The number of aliphatic hydroxyl groups excluding tert-OH is 1. The number of aliphatic imine (C=N–C) groups is 1. The van der Waals surface area contributed by atoms with Crippen LogP contribution in [0.5, 0.6) is 0 Å². The van der Waals surface area contributed by atoms with Crippen molar-refractivity contribution in [3.8, 4) is 0 Å². The van der Waals surface area contributed by atoms with E-state index in [1.165, 1.54) is 4.90 Å². The Labute approximate surface area is 162 Å². The summed E-state index contributed by atoms with van der Waals surface area (Å²) in [5, 5.41) is 15.9. The van der Waals surface area contributed by atoms with Gasteiger partial charge >= 0.3 is 0 Å². The van der Waals surface area contributed by atoms with Crippen molar-refractivity contribution in [1.29, 1.82) is 0 Å². The summed E-state index contributed by atoms with van der Waals surface area (Å²) in [6, 6.07) is 0. The van der Waals surface area contributed by atoms with E-state index in [1.807, 2.05) is 0 Å². The lowest BCUT2D eigenvalue weighted by Gasteiger charge is -2.27. The van der Waals surface area contributed by atoms with Gasteiger partial charge in [-0.2, -0.15) is 0 Å². The van der Waals surface area contributed by atoms with E-state index in [9.17, 15) is 9.90 Å². The van der Waals surface area contributed by atoms with Gasteiger partial charge in [0.15, 0.2) is 5.96 Å². The maximum atomic E-state index is 11.7. The highest BCUT2D eigenvalue weighted by Crippen LogP contribution is 2.31. The van der Waals surface area contributed by atoms with Crippen molar-refractivity contribution in [1.82, 2.24) is 15.5 Å². The number of carbonyl (C=O) groups excluding carboxylic acids is 1. The fourth-order valence-electron chi connectivity index (χ4n) is 2.43. The normalized spacial score (nSPS) is 20.4. The van der Waals surface area contributed by atoms with E-state index >= 15 is 0 Å². The SMILES string of the molecule is CCCCNC(=NCC(=O)N(C)C)NCC1(CCO)CCOC1.I. The van der Waals surface area contributed by atoms with Crippen LogP contribution in [0, 0.1) is 5.41 Å². The van der Waals surface area contributed by atoms with Gasteiger partial charge in [-0.05, 0) is 19.3 Å². The van der Waals surface area contributed by atoms with Gasteiger partial charge in [-0.15, -0.1) is 24.0 Å². The van der Waals surface area contributed by atoms with Crippen LogP contribution >= 0.6 is 24.0 Å². The highest BCUT2D eigenvalue weighted by atomic mass is 127. The molecule has 142 valence electrons. The summed E-state index contributed by atoms with van der Waals surface area (Å²) >= 11 is 0. The second kappa shape index (κ2) is 12.7. The smallest absolute Gasteiger partial charge is 0.243 e. The van der Waals surface area contributed by atoms with Gasteiger partial charge in [-0.1, -0.05) is 13.3 Å². The molecule has 1 atom stereocenters. The number of guanidine groups is 1. The van der Waals surface area contributed by atoms with E-state index in [1.54, 1.807) is 14.1 Å². The highest BCUT2D eigenvalue weighted by Gasteiger charge is 2.34. The van der Waals surface area contributed by atoms with Gasteiger partial charge in [-0.25, -0.2) is 4.99 Å². The fraction of sp³-hybridized carbons (Fsp3) is 0.875. The molecule has 1 aliphatic heterocycles. The number of amides is 1. The standard InChI is InChI=1S/C16H32N4O3.HI/c1-4-5-8-17-15(18-11-14(22)20(2)3)19-12-16(6-9-21)7-10-23-13-16;/h21H,4-13H2,1-3H3,(H2,17,18,19);1H. The molecule has 0 spiro atoms. The van der Waals surface area contributed by atoms with Gasteiger partial charge in [0.2, 0.25) is 5.91 Å². The number of hydrogen-bond acceptors (Lipinski definition) is 4. The van der Waals surface area contributed by atoms with Crippen molar-refractivity contribution in [2.45, 2.75) is 32.6 Å². The maximum absolute atomic E-state index is 11.7. The predicted octanol–water partition coefficient (Wildman–Crippen LogP) is 0.817. The molecule has 1 rings (SSSR count). The van der Waals surface area contributed by atoms with E-state index < -0.39 is 0 Å². The largest absolute Gasteiger partial charge is 0.396 e. The summed E-state index contributed by atoms with van der Waals surface area (Å²) in [5.41, 5.74) is -0.0481. The number of unbranched alkanes of at least 4 members (excludes halogenated alkanes) is 1. The van der Waals surface area contributed by atoms with Crippen LogP contribution in [0.4, 0.5) is 0 Å². The number of carbonyl (C=O) groups is 1. The molecule has 1 saturated heterocycles. The molecule has 0 radical (unpaired) electrons. The second-order valence-corrected chi connectivity index (χ2v) is 6.36. The minimum atomic E-state index is -0.0481. The van der Waals surface area contributed by atoms with E-state index in [-0.39, 0.29) is 48.5 Å². The second-order valence-electron chi connectivity index (χ2n) is 6.36. The number of ether oxygens (including phenoxy) is 1. The molecule has 0 saturated carbocycles. The van der Waals surface area contributed by atoms with Crippen molar-refractivity contribution in [3.05, 3.63) is 0 Å². The van der Waals surface area contributed by atoms with E-state index in [2.05, 4.69) is 22.5 Å². The molecule has 0 aromatic rings. The molecular weight excluding hydrogens is 423 g/mol. The fourth-order valence-corrected chi connectivity index (χ4v) is 2.43. The van der Waals surface area contributed by atoms with Crippen LogP contribution in [0.2, 0.25) is 0 Å². The lowest BCUT2D eigenvalue weighted by molar-refractivity contribution is -0.127. The number of nitrogens with zero attached hydrogens (tertiary/aromatic N) is 2. The lowest BCUT2D eigenvalue weighted by atomic mass is 9.84. The highest BCUT2D eigenvalue weighted by molar-refractivity contribution is 14.0. The third-order valence-corrected chi connectivity index (χ3v) is 4.15. The third-order valence-electron chi connectivity index (χ3n) is 4.15. The quantitative estimate of drug-likeness (QED) is 0.207.